The smallest absolute Gasteiger partial charge is 0.407 e. The summed E-state index contributed by atoms with van der Waals surface area (Å²) in [6, 6.07) is 15.6. The topological polar surface area (TPSA) is 125 Å². The van der Waals surface area contributed by atoms with Crippen molar-refractivity contribution in [3.05, 3.63) is 59.7 Å². The minimum absolute atomic E-state index is 0.0312. The summed E-state index contributed by atoms with van der Waals surface area (Å²) in [5.41, 5.74) is 2.38. The minimum Gasteiger partial charge on any atom is -0.481 e. The van der Waals surface area contributed by atoms with E-state index in [1.807, 2.05) is 48.5 Å². The molecule has 10 heteroatoms. The number of benzene rings is 2. The molecule has 1 unspecified atom stereocenters. The highest BCUT2D eigenvalue weighted by Gasteiger charge is 2.71. The number of carbonyl (C=O) groups excluding carboxylic acids is 2. The highest BCUT2D eigenvalue weighted by atomic mass is 19.3. The number of carbonyl (C=O) groups is 3. The highest BCUT2D eigenvalue weighted by Crippen LogP contribution is 2.55. The van der Waals surface area contributed by atoms with Crippen LogP contribution < -0.4 is 10.6 Å². The Morgan fingerprint density at radius 3 is 2.17 bits per heavy atom. The molecule has 2 aliphatic rings. The van der Waals surface area contributed by atoms with Crippen LogP contribution in [0.15, 0.2) is 48.5 Å². The molecule has 0 aromatic heterocycles. The number of aliphatic hydroxyl groups is 1. The quantitative estimate of drug-likeness (QED) is 0.430. The standard InChI is InChI=1S/C25H26F2N2O6/c1-24(34,10-20(30)31)13-29-22(32)21-19(25(21,26)27)11-28-23(33)35-12-18-16-8-4-2-6-14(16)15-7-3-5-9-17(15)18/h2-9,18-19,21,34H,10-13H2,1H3,(H,28,33)(H,29,32)(H,30,31)/t19-,21-,24?/m0/s1. The van der Waals surface area contributed by atoms with Gasteiger partial charge in [0.15, 0.2) is 0 Å². The summed E-state index contributed by atoms with van der Waals surface area (Å²) in [4.78, 5) is 35.1. The predicted molar refractivity (Wildman–Crippen MR) is 121 cm³/mol. The van der Waals surface area contributed by atoms with E-state index in [-0.39, 0.29) is 12.5 Å². The molecule has 3 atom stereocenters. The maximum Gasteiger partial charge on any atom is 0.407 e. The van der Waals surface area contributed by atoms with E-state index in [1.165, 1.54) is 6.92 Å². The second kappa shape index (κ2) is 9.26. The van der Waals surface area contributed by atoms with Gasteiger partial charge >= 0.3 is 12.1 Å². The molecule has 2 amide bonds. The normalized spacial score (nSPS) is 21.3. The van der Waals surface area contributed by atoms with E-state index in [2.05, 4.69) is 10.6 Å². The maximum absolute atomic E-state index is 14.1. The first-order valence-corrected chi connectivity index (χ1v) is 11.2. The third kappa shape index (κ3) is 5.12. The largest absolute Gasteiger partial charge is 0.481 e. The van der Waals surface area contributed by atoms with Gasteiger partial charge in [-0.1, -0.05) is 48.5 Å². The number of carboxylic acid groups (broad SMARTS) is 1. The summed E-state index contributed by atoms with van der Waals surface area (Å²) in [6.45, 7) is 0.261. The van der Waals surface area contributed by atoms with Crippen molar-refractivity contribution < 1.29 is 38.1 Å². The zero-order chi connectivity index (χ0) is 25.4. The summed E-state index contributed by atoms with van der Waals surface area (Å²) in [5, 5.41) is 23.1. The average Bonchev–Trinajstić information content (AvgIpc) is 3.20. The van der Waals surface area contributed by atoms with Gasteiger partial charge < -0.3 is 25.6 Å². The Balaban J connectivity index is 1.28. The van der Waals surface area contributed by atoms with Crippen LogP contribution in [-0.2, 0) is 14.3 Å². The lowest BCUT2D eigenvalue weighted by atomic mass is 9.98. The summed E-state index contributed by atoms with van der Waals surface area (Å²) in [7, 11) is 0. The van der Waals surface area contributed by atoms with Crippen LogP contribution in [0.1, 0.15) is 30.4 Å². The van der Waals surface area contributed by atoms with Crippen LogP contribution in [0.2, 0.25) is 0 Å². The fourth-order valence-corrected chi connectivity index (χ4v) is 4.62. The monoisotopic (exact) mass is 488 g/mol. The van der Waals surface area contributed by atoms with Gasteiger partial charge in [-0.05, 0) is 29.2 Å². The lowest BCUT2D eigenvalue weighted by Crippen LogP contribution is -2.43. The number of nitrogens with one attached hydrogen (secondary N) is 2. The fourth-order valence-electron chi connectivity index (χ4n) is 4.62. The molecular formula is C25H26F2N2O6. The van der Waals surface area contributed by atoms with Gasteiger partial charge in [0.05, 0.1) is 17.9 Å². The number of aliphatic carboxylic acids is 1. The van der Waals surface area contributed by atoms with Crippen molar-refractivity contribution in [1.29, 1.82) is 0 Å². The zero-order valence-electron chi connectivity index (χ0n) is 19.0. The molecule has 35 heavy (non-hydrogen) atoms. The lowest BCUT2D eigenvalue weighted by Gasteiger charge is -2.21. The van der Waals surface area contributed by atoms with E-state index in [0.29, 0.717) is 0 Å². The summed E-state index contributed by atoms with van der Waals surface area (Å²) >= 11 is 0. The molecule has 186 valence electrons. The molecule has 0 saturated heterocycles. The summed E-state index contributed by atoms with van der Waals surface area (Å²) in [5.74, 6) is -8.91. The predicted octanol–water partition coefficient (Wildman–Crippen LogP) is 2.75. The third-order valence-corrected chi connectivity index (χ3v) is 6.47. The van der Waals surface area contributed by atoms with E-state index in [4.69, 9.17) is 9.84 Å². The molecule has 0 aliphatic heterocycles. The van der Waals surface area contributed by atoms with Crippen LogP contribution in [0, 0.1) is 11.8 Å². The van der Waals surface area contributed by atoms with Crippen molar-refractivity contribution in [3.8, 4) is 11.1 Å². The van der Waals surface area contributed by atoms with E-state index >= 15 is 0 Å². The van der Waals surface area contributed by atoms with Gasteiger partial charge in [-0.15, -0.1) is 0 Å². The van der Waals surface area contributed by atoms with Crippen molar-refractivity contribution >= 4 is 18.0 Å². The van der Waals surface area contributed by atoms with Crippen LogP contribution in [0.25, 0.3) is 11.1 Å². The van der Waals surface area contributed by atoms with Gasteiger partial charge in [-0.2, -0.15) is 0 Å². The minimum atomic E-state index is -3.33. The maximum atomic E-state index is 14.1. The van der Waals surface area contributed by atoms with Gasteiger partial charge in [0.1, 0.15) is 12.5 Å². The van der Waals surface area contributed by atoms with E-state index < -0.39 is 60.8 Å². The van der Waals surface area contributed by atoms with Gasteiger partial charge in [0, 0.05) is 19.0 Å². The Labute approximate surface area is 200 Å². The Hall–Kier alpha value is -3.53. The highest BCUT2D eigenvalue weighted by molar-refractivity contribution is 5.84. The van der Waals surface area contributed by atoms with Crippen LogP contribution in [-0.4, -0.2) is 59.4 Å². The number of fused-ring (bicyclic) bond motifs is 3. The first-order valence-electron chi connectivity index (χ1n) is 11.2. The average molecular weight is 488 g/mol. The fraction of sp³-hybridized carbons (Fsp3) is 0.400. The van der Waals surface area contributed by atoms with E-state index in [9.17, 15) is 28.3 Å². The molecule has 0 bridgehead atoms. The number of amides is 2. The second-order valence-corrected chi connectivity index (χ2v) is 9.25. The molecule has 2 aliphatic carbocycles. The number of alkyl carbamates (subject to hydrolysis) is 1. The Morgan fingerprint density at radius 2 is 1.60 bits per heavy atom. The van der Waals surface area contributed by atoms with Gasteiger partial charge in [-0.25, -0.2) is 13.6 Å². The molecule has 1 saturated carbocycles. The zero-order valence-corrected chi connectivity index (χ0v) is 19.0. The van der Waals surface area contributed by atoms with E-state index in [1.54, 1.807) is 0 Å². The number of ether oxygens (including phenoxy) is 1. The van der Waals surface area contributed by atoms with Crippen molar-refractivity contribution in [1.82, 2.24) is 10.6 Å². The summed E-state index contributed by atoms with van der Waals surface area (Å²) in [6.07, 6.45) is -1.51. The van der Waals surface area contributed by atoms with E-state index in [0.717, 1.165) is 22.3 Å². The molecule has 2 aromatic rings. The third-order valence-electron chi connectivity index (χ3n) is 6.47. The number of hydrogen-bond donors (Lipinski definition) is 4. The molecule has 0 heterocycles. The molecule has 4 N–H and O–H groups in total. The van der Waals surface area contributed by atoms with Crippen molar-refractivity contribution in [2.24, 2.45) is 11.8 Å². The number of halogens is 2. The number of hydrogen-bond acceptors (Lipinski definition) is 5. The molecule has 0 spiro atoms. The molecule has 4 rings (SSSR count). The molecule has 2 aromatic carbocycles. The van der Waals surface area contributed by atoms with Crippen LogP contribution in [0.4, 0.5) is 13.6 Å². The molecular weight excluding hydrogens is 462 g/mol. The van der Waals surface area contributed by atoms with Crippen molar-refractivity contribution in [3.63, 3.8) is 0 Å². The molecule has 8 nitrogen and oxygen atoms in total. The summed E-state index contributed by atoms with van der Waals surface area (Å²) < 4.78 is 33.6. The first kappa shape index (κ1) is 24.6. The van der Waals surface area contributed by atoms with Crippen molar-refractivity contribution in [2.45, 2.75) is 30.8 Å². The number of alkyl halides is 2. The van der Waals surface area contributed by atoms with Crippen molar-refractivity contribution in [2.75, 3.05) is 19.7 Å². The second-order valence-electron chi connectivity index (χ2n) is 9.25. The number of rotatable bonds is 9. The number of carboxylic acids is 1. The van der Waals surface area contributed by atoms with Gasteiger partial charge in [-0.3, -0.25) is 9.59 Å². The SMILES string of the molecule is CC(O)(CNC(=O)[C@@H]1[C@H](CNC(=O)OCC2c3ccccc3-c3ccccc32)C1(F)F)CC(=O)O. The van der Waals surface area contributed by atoms with Crippen LogP contribution in [0.5, 0.6) is 0 Å². The first-order chi connectivity index (χ1) is 16.5. The van der Waals surface area contributed by atoms with Crippen LogP contribution >= 0.6 is 0 Å². The Kier molecular flexibility index (Phi) is 6.50. The Morgan fingerprint density at radius 1 is 1.03 bits per heavy atom. The van der Waals surface area contributed by atoms with Gasteiger partial charge in [0.2, 0.25) is 5.91 Å². The lowest BCUT2D eigenvalue weighted by molar-refractivity contribution is -0.142. The molecule has 0 radical (unpaired) electrons. The molecule has 1 fully saturated rings. The Bertz CT molecular complexity index is 1110. The van der Waals surface area contributed by atoms with Crippen LogP contribution in [0.3, 0.4) is 0 Å². The van der Waals surface area contributed by atoms with Gasteiger partial charge in [0.25, 0.3) is 5.92 Å².